The van der Waals surface area contributed by atoms with Crippen LogP contribution in [0, 0.1) is 17.5 Å². The first-order chi connectivity index (χ1) is 11.4. The fraction of sp³-hybridized carbons (Fsp3) is 0.333. The van der Waals surface area contributed by atoms with Crippen LogP contribution in [0.25, 0.3) is 0 Å². The van der Waals surface area contributed by atoms with E-state index in [1.807, 2.05) is 0 Å². The minimum atomic E-state index is -4.58. The molecule has 0 bridgehead atoms. The van der Waals surface area contributed by atoms with Crippen molar-refractivity contribution in [1.82, 2.24) is 0 Å². The van der Waals surface area contributed by atoms with Crippen LogP contribution in [0.5, 0.6) is 5.75 Å². The number of benzene rings is 1. The van der Waals surface area contributed by atoms with E-state index >= 15 is 0 Å². The zero-order chi connectivity index (χ0) is 19.5. The lowest BCUT2D eigenvalue weighted by Gasteiger charge is -2.15. The number of allylic oxidation sites excluding steroid dienone is 1. The lowest BCUT2D eigenvalue weighted by atomic mass is 9.95. The Morgan fingerprint density at radius 1 is 1.16 bits per heavy atom. The summed E-state index contributed by atoms with van der Waals surface area (Å²) in [7, 11) is 0. The lowest BCUT2D eigenvalue weighted by Crippen LogP contribution is -2.21. The Morgan fingerprint density at radius 2 is 1.68 bits per heavy atom. The van der Waals surface area contributed by atoms with E-state index in [2.05, 4.69) is 16.3 Å². The molecule has 0 atom stereocenters. The summed E-state index contributed by atoms with van der Waals surface area (Å²) in [6.45, 7) is 3.05. The molecule has 0 amide bonds. The van der Waals surface area contributed by atoms with Crippen LogP contribution < -0.4 is 4.74 Å². The second-order valence-corrected chi connectivity index (χ2v) is 5.17. The molecule has 0 saturated carbocycles. The molecule has 0 aliphatic heterocycles. The van der Waals surface area contributed by atoms with Crippen molar-refractivity contribution in [2.24, 2.45) is 0 Å². The minimum absolute atomic E-state index is 0.0676. The van der Waals surface area contributed by atoms with Crippen LogP contribution in [0.1, 0.15) is 37.0 Å². The normalized spacial score (nSPS) is 11.2. The number of Topliss-reactive ketones (excluding diaryl/α,β-unsaturated/α-hetero) is 1. The van der Waals surface area contributed by atoms with Crippen LogP contribution in [0.15, 0.2) is 17.2 Å². The van der Waals surface area contributed by atoms with Gasteiger partial charge in [-0.2, -0.15) is 4.39 Å². The summed E-state index contributed by atoms with van der Waals surface area (Å²) < 4.78 is 70.1. The fourth-order valence-electron chi connectivity index (χ4n) is 2.10. The van der Waals surface area contributed by atoms with Gasteiger partial charge in [-0.3, -0.25) is 4.79 Å². The maximum absolute atomic E-state index is 14.2. The van der Waals surface area contributed by atoms with E-state index in [9.17, 15) is 31.5 Å². The van der Waals surface area contributed by atoms with Gasteiger partial charge in [-0.05, 0) is 18.9 Å². The third kappa shape index (κ3) is 4.68. The van der Waals surface area contributed by atoms with E-state index in [0.717, 1.165) is 0 Å². The first-order valence-corrected chi connectivity index (χ1v) is 7.25. The number of ketones is 1. The summed E-state index contributed by atoms with van der Waals surface area (Å²) >= 11 is 4.40. The van der Waals surface area contributed by atoms with Crippen molar-refractivity contribution in [2.75, 3.05) is 0 Å². The highest BCUT2D eigenvalue weighted by atomic mass is 35.5. The van der Waals surface area contributed by atoms with Crippen molar-refractivity contribution in [3.05, 3.63) is 40.2 Å². The summed E-state index contributed by atoms with van der Waals surface area (Å²) in [5.41, 5.74) is -6.61. The van der Waals surface area contributed by atoms with Gasteiger partial charge in [0.1, 0.15) is 5.57 Å². The predicted molar refractivity (Wildman–Crippen MR) is 77.3 cm³/mol. The molecule has 1 rings (SSSR count). The molecule has 25 heavy (non-hydrogen) atoms. The van der Waals surface area contributed by atoms with Gasteiger partial charge in [-0.25, -0.2) is 13.6 Å². The molecular formula is C15H12ClF5O4. The molecule has 0 radical (unpaired) electrons. The van der Waals surface area contributed by atoms with Crippen molar-refractivity contribution < 1.29 is 41.4 Å². The average molecular weight is 387 g/mol. The summed E-state index contributed by atoms with van der Waals surface area (Å²) in [4.78, 5) is 23.6. The Morgan fingerprint density at radius 3 is 2.08 bits per heavy atom. The van der Waals surface area contributed by atoms with Crippen molar-refractivity contribution in [1.29, 1.82) is 0 Å². The summed E-state index contributed by atoms with van der Waals surface area (Å²) in [6.07, 6.45) is 0.219. The van der Waals surface area contributed by atoms with Gasteiger partial charge < -0.3 is 9.84 Å². The Balaban J connectivity index is 3.65. The zero-order valence-corrected chi connectivity index (χ0v) is 13.7. The van der Waals surface area contributed by atoms with Gasteiger partial charge in [0.15, 0.2) is 11.6 Å². The Kier molecular flexibility index (Phi) is 6.53. The van der Waals surface area contributed by atoms with Crippen LogP contribution in [0.2, 0.25) is 0 Å². The van der Waals surface area contributed by atoms with E-state index < -0.39 is 51.7 Å². The third-order valence-electron chi connectivity index (χ3n) is 3.23. The highest BCUT2D eigenvalue weighted by Gasteiger charge is 2.35. The second kappa shape index (κ2) is 7.81. The number of carbonyl (C=O) groups is 2. The summed E-state index contributed by atoms with van der Waals surface area (Å²) in [6, 6.07) is 0.0676. The molecule has 0 fully saturated rings. The Labute approximate surface area is 143 Å². The molecule has 0 unspecified atom stereocenters. The van der Waals surface area contributed by atoms with Crippen molar-refractivity contribution in [3.8, 4) is 5.75 Å². The first-order valence-electron chi connectivity index (χ1n) is 6.87. The standard InChI is InChI=1S/C15H12ClF5O4/c1-3-6(4-2)9(14(23)24)12(22)7-5-8(17)11(19)13(10(7)18)25-15(16,20)21/h5H,3-4H2,1-2H3,(H,23,24). The third-order valence-corrected chi connectivity index (χ3v) is 3.30. The predicted octanol–water partition coefficient (Wildman–Crippen LogP) is 4.66. The van der Waals surface area contributed by atoms with Gasteiger partial charge in [0, 0.05) is 11.6 Å². The number of carboxylic acids is 1. The van der Waals surface area contributed by atoms with E-state index in [4.69, 9.17) is 5.11 Å². The molecule has 1 N–H and O–H groups in total. The maximum atomic E-state index is 14.2. The fourth-order valence-corrected chi connectivity index (χ4v) is 2.18. The maximum Gasteiger partial charge on any atom is 0.487 e. The molecule has 1 aromatic rings. The largest absolute Gasteiger partial charge is 0.487 e. The molecule has 0 aromatic heterocycles. The van der Waals surface area contributed by atoms with Gasteiger partial charge in [-0.15, -0.1) is 8.78 Å². The number of halogens is 6. The number of alkyl halides is 3. The molecule has 0 saturated heterocycles. The van der Waals surface area contributed by atoms with Gasteiger partial charge >= 0.3 is 11.5 Å². The molecule has 10 heteroatoms. The molecule has 0 heterocycles. The quantitative estimate of drug-likeness (QED) is 0.141. The van der Waals surface area contributed by atoms with E-state index in [0.29, 0.717) is 0 Å². The highest BCUT2D eigenvalue weighted by Crippen LogP contribution is 2.34. The lowest BCUT2D eigenvalue weighted by molar-refractivity contribution is -0.132. The number of aliphatic carboxylic acids is 1. The van der Waals surface area contributed by atoms with Gasteiger partial charge in [-0.1, -0.05) is 19.4 Å². The number of ether oxygens (including phenoxy) is 1. The average Bonchev–Trinajstić information content (AvgIpc) is 2.50. The van der Waals surface area contributed by atoms with Gasteiger partial charge in [0.25, 0.3) is 0 Å². The molecule has 138 valence electrons. The van der Waals surface area contributed by atoms with Crippen LogP contribution in [-0.4, -0.2) is 22.4 Å². The first kappa shape index (κ1) is 20.9. The highest BCUT2D eigenvalue weighted by molar-refractivity contribution is 6.24. The van der Waals surface area contributed by atoms with Crippen molar-refractivity contribution in [3.63, 3.8) is 0 Å². The minimum Gasteiger partial charge on any atom is -0.478 e. The number of rotatable bonds is 7. The Bertz CT molecular complexity index is 734. The van der Waals surface area contributed by atoms with Crippen LogP contribution in [0.3, 0.4) is 0 Å². The van der Waals surface area contributed by atoms with Gasteiger partial charge in [0.05, 0.1) is 5.56 Å². The van der Waals surface area contributed by atoms with E-state index in [-0.39, 0.29) is 24.5 Å². The zero-order valence-electron chi connectivity index (χ0n) is 12.9. The van der Waals surface area contributed by atoms with Crippen molar-refractivity contribution in [2.45, 2.75) is 32.3 Å². The van der Waals surface area contributed by atoms with Crippen LogP contribution in [0.4, 0.5) is 22.0 Å². The molecule has 4 nitrogen and oxygen atoms in total. The monoisotopic (exact) mass is 386 g/mol. The van der Waals surface area contributed by atoms with E-state index in [1.165, 1.54) is 13.8 Å². The number of carbonyl (C=O) groups excluding carboxylic acids is 1. The number of hydrogen-bond donors (Lipinski definition) is 1. The second-order valence-electron chi connectivity index (χ2n) is 4.73. The SMILES string of the molecule is CCC(CC)=C(C(=O)O)C(=O)c1cc(F)c(F)c(OC(F)(F)Cl)c1F. The van der Waals surface area contributed by atoms with Gasteiger partial charge in [0.2, 0.25) is 17.3 Å². The van der Waals surface area contributed by atoms with Crippen LogP contribution in [-0.2, 0) is 4.79 Å². The van der Waals surface area contributed by atoms with Crippen molar-refractivity contribution >= 4 is 23.4 Å². The summed E-state index contributed by atoms with van der Waals surface area (Å²) in [5, 5.41) is 9.17. The number of hydrogen-bond acceptors (Lipinski definition) is 3. The summed E-state index contributed by atoms with van der Waals surface area (Å²) in [5.74, 6) is -11.2. The molecule has 0 spiro atoms. The smallest absolute Gasteiger partial charge is 0.478 e. The van der Waals surface area contributed by atoms with E-state index in [1.54, 1.807) is 0 Å². The topological polar surface area (TPSA) is 63.6 Å². The molecule has 0 aliphatic carbocycles. The molecule has 0 aliphatic rings. The van der Waals surface area contributed by atoms with Crippen LogP contribution >= 0.6 is 11.6 Å². The molecular weight excluding hydrogens is 375 g/mol. The number of carboxylic acid groups (broad SMARTS) is 1. The molecule has 1 aromatic carbocycles. The Hall–Kier alpha value is -2.16.